The highest BCUT2D eigenvalue weighted by Crippen LogP contribution is 2.21. The summed E-state index contributed by atoms with van der Waals surface area (Å²) in [6, 6.07) is 8.01. The zero-order valence-corrected chi connectivity index (χ0v) is 22.5. The molecule has 0 N–H and O–H groups in total. The van der Waals surface area contributed by atoms with Gasteiger partial charge in [-0.2, -0.15) is 0 Å². The van der Waals surface area contributed by atoms with Crippen LogP contribution < -0.4 is 9.47 Å². The fraction of sp³-hybridized carbons (Fsp3) is 0.667. The Bertz CT molecular complexity index is 749. The fourth-order valence-corrected chi connectivity index (χ4v) is 3.92. The molecule has 196 valence electrons. The molecule has 2 rings (SSSR count). The van der Waals surface area contributed by atoms with Crippen molar-refractivity contribution < 1.29 is 14.2 Å². The molecular formula is C30H48N2O3. The zero-order valence-electron chi connectivity index (χ0n) is 22.5. The van der Waals surface area contributed by atoms with Crippen molar-refractivity contribution in [1.29, 1.82) is 0 Å². The second-order valence-corrected chi connectivity index (χ2v) is 9.50. The van der Waals surface area contributed by atoms with Crippen molar-refractivity contribution in [2.45, 2.75) is 110 Å². The first-order valence-electron chi connectivity index (χ1n) is 14.0. The van der Waals surface area contributed by atoms with Gasteiger partial charge in [-0.15, -0.1) is 0 Å². The van der Waals surface area contributed by atoms with Crippen molar-refractivity contribution in [1.82, 2.24) is 9.97 Å². The van der Waals surface area contributed by atoms with Gasteiger partial charge in [0.1, 0.15) is 12.4 Å². The highest BCUT2D eigenvalue weighted by atomic mass is 16.5. The van der Waals surface area contributed by atoms with E-state index in [-0.39, 0.29) is 6.10 Å². The van der Waals surface area contributed by atoms with E-state index in [1.807, 2.05) is 31.2 Å². The molecule has 0 aliphatic heterocycles. The molecular weight excluding hydrogens is 436 g/mol. The number of hydrogen-bond donors (Lipinski definition) is 0. The standard InChI is InChI=1S/C30H48N2O3/c1-4-6-8-10-11-12-14-16-22-34-28-19-17-27(18-20-28)30-31-23-29(24-32-30)35-25-26(3)33-21-15-13-9-7-5-2/h17-20,23-24,26H,4-16,21-22,25H2,1-3H3. The SMILES string of the molecule is CCCCCCCCCCOc1ccc(-c2ncc(OCC(C)OCCCCCCC)cn2)cc1. The molecule has 0 aliphatic carbocycles. The molecule has 0 fully saturated rings. The number of ether oxygens (including phenoxy) is 3. The lowest BCUT2D eigenvalue weighted by molar-refractivity contribution is 0.0300. The molecule has 0 bridgehead atoms. The normalized spacial score (nSPS) is 12.0. The number of hydrogen-bond acceptors (Lipinski definition) is 5. The van der Waals surface area contributed by atoms with E-state index in [0.29, 0.717) is 18.2 Å². The van der Waals surface area contributed by atoms with Gasteiger partial charge in [0.15, 0.2) is 11.6 Å². The molecule has 1 unspecified atom stereocenters. The number of rotatable bonds is 21. The minimum atomic E-state index is 0.0548. The zero-order chi connectivity index (χ0) is 25.0. The average Bonchev–Trinajstić information content (AvgIpc) is 2.89. The van der Waals surface area contributed by atoms with Gasteiger partial charge in [-0.05, 0) is 44.0 Å². The summed E-state index contributed by atoms with van der Waals surface area (Å²) in [5.74, 6) is 2.25. The lowest BCUT2D eigenvalue weighted by Gasteiger charge is -2.14. The van der Waals surface area contributed by atoms with E-state index in [4.69, 9.17) is 14.2 Å². The van der Waals surface area contributed by atoms with Crippen LogP contribution in [0, 0.1) is 0 Å². The molecule has 5 heteroatoms. The van der Waals surface area contributed by atoms with Crippen LogP contribution in [0.4, 0.5) is 0 Å². The Morgan fingerprint density at radius 3 is 1.77 bits per heavy atom. The number of aromatic nitrogens is 2. The van der Waals surface area contributed by atoms with Gasteiger partial charge < -0.3 is 14.2 Å². The minimum Gasteiger partial charge on any atom is -0.494 e. The molecule has 1 aromatic heterocycles. The van der Waals surface area contributed by atoms with E-state index >= 15 is 0 Å². The lowest BCUT2D eigenvalue weighted by atomic mass is 10.1. The molecule has 2 aromatic rings. The summed E-state index contributed by atoms with van der Waals surface area (Å²) in [6.45, 7) is 8.61. The third-order valence-corrected chi connectivity index (χ3v) is 6.14. The Labute approximate surface area is 214 Å². The summed E-state index contributed by atoms with van der Waals surface area (Å²) in [5, 5.41) is 0. The first-order chi connectivity index (χ1) is 17.2. The van der Waals surface area contributed by atoms with E-state index in [1.54, 1.807) is 12.4 Å². The van der Waals surface area contributed by atoms with Crippen LogP contribution >= 0.6 is 0 Å². The molecule has 1 atom stereocenters. The lowest BCUT2D eigenvalue weighted by Crippen LogP contribution is -2.18. The van der Waals surface area contributed by atoms with Crippen LogP contribution in [-0.4, -0.2) is 35.9 Å². The molecule has 1 aromatic carbocycles. The molecule has 0 aliphatic rings. The summed E-state index contributed by atoms with van der Waals surface area (Å²) in [4.78, 5) is 8.93. The molecule has 1 heterocycles. The third kappa shape index (κ3) is 13.5. The molecule has 0 amide bonds. The van der Waals surface area contributed by atoms with Crippen LogP contribution in [0.5, 0.6) is 11.5 Å². The maximum atomic E-state index is 5.90. The van der Waals surface area contributed by atoms with Crippen LogP contribution in [0.15, 0.2) is 36.7 Å². The van der Waals surface area contributed by atoms with E-state index in [9.17, 15) is 0 Å². The number of unbranched alkanes of at least 4 members (excludes halogenated alkanes) is 11. The topological polar surface area (TPSA) is 53.5 Å². The average molecular weight is 485 g/mol. The van der Waals surface area contributed by atoms with Crippen LogP contribution in [0.1, 0.15) is 104 Å². The monoisotopic (exact) mass is 484 g/mol. The smallest absolute Gasteiger partial charge is 0.159 e. The molecule has 35 heavy (non-hydrogen) atoms. The highest BCUT2D eigenvalue weighted by Gasteiger charge is 2.06. The van der Waals surface area contributed by atoms with E-state index < -0.39 is 0 Å². The van der Waals surface area contributed by atoms with Gasteiger partial charge in [0.2, 0.25) is 0 Å². The Hall–Kier alpha value is -2.14. The first kappa shape index (κ1) is 29.1. The van der Waals surface area contributed by atoms with Gasteiger partial charge >= 0.3 is 0 Å². The van der Waals surface area contributed by atoms with Crippen molar-refractivity contribution in [3.8, 4) is 22.9 Å². The fourth-order valence-electron chi connectivity index (χ4n) is 3.92. The van der Waals surface area contributed by atoms with Crippen LogP contribution in [0.3, 0.4) is 0 Å². The Balaban J connectivity index is 1.61. The van der Waals surface area contributed by atoms with Crippen molar-refractivity contribution in [3.05, 3.63) is 36.7 Å². The van der Waals surface area contributed by atoms with E-state index in [2.05, 4.69) is 23.8 Å². The molecule has 0 radical (unpaired) electrons. The van der Waals surface area contributed by atoms with Crippen LogP contribution in [0.25, 0.3) is 11.4 Å². The Morgan fingerprint density at radius 2 is 1.17 bits per heavy atom. The highest BCUT2D eigenvalue weighted by molar-refractivity contribution is 5.56. The predicted octanol–water partition coefficient (Wildman–Crippen LogP) is 8.42. The largest absolute Gasteiger partial charge is 0.494 e. The molecule has 0 saturated carbocycles. The Morgan fingerprint density at radius 1 is 0.629 bits per heavy atom. The van der Waals surface area contributed by atoms with Gasteiger partial charge in [-0.1, -0.05) is 84.5 Å². The van der Waals surface area contributed by atoms with Crippen molar-refractivity contribution >= 4 is 0 Å². The van der Waals surface area contributed by atoms with Gasteiger partial charge in [0.05, 0.1) is 25.1 Å². The van der Waals surface area contributed by atoms with Gasteiger partial charge in [0, 0.05) is 12.2 Å². The van der Waals surface area contributed by atoms with Crippen LogP contribution in [-0.2, 0) is 4.74 Å². The van der Waals surface area contributed by atoms with Crippen molar-refractivity contribution in [2.24, 2.45) is 0 Å². The summed E-state index contributed by atoms with van der Waals surface area (Å²) in [5.41, 5.74) is 0.968. The summed E-state index contributed by atoms with van der Waals surface area (Å²) >= 11 is 0. The van der Waals surface area contributed by atoms with E-state index in [0.717, 1.165) is 37.4 Å². The molecule has 0 saturated heterocycles. The molecule has 5 nitrogen and oxygen atoms in total. The second kappa shape index (κ2) is 19.1. The van der Waals surface area contributed by atoms with Gasteiger partial charge in [-0.3, -0.25) is 0 Å². The minimum absolute atomic E-state index is 0.0548. The first-order valence-corrected chi connectivity index (χ1v) is 14.0. The van der Waals surface area contributed by atoms with E-state index in [1.165, 1.54) is 70.6 Å². The number of nitrogens with zero attached hydrogens (tertiary/aromatic N) is 2. The van der Waals surface area contributed by atoms with Gasteiger partial charge in [0.25, 0.3) is 0 Å². The van der Waals surface area contributed by atoms with Crippen LogP contribution in [0.2, 0.25) is 0 Å². The summed E-state index contributed by atoms with van der Waals surface area (Å²) in [6.07, 6.45) is 20.2. The predicted molar refractivity (Wildman–Crippen MR) is 145 cm³/mol. The number of benzene rings is 1. The maximum absolute atomic E-state index is 5.90. The van der Waals surface area contributed by atoms with Crippen molar-refractivity contribution in [3.63, 3.8) is 0 Å². The Kier molecular flexibility index (Phi) is 15.9. The third-order valence-electron chi connectivity index (χ3n) is 6.14. The quantitative estimate of drug-likeness (QED) is 0.166. The maximum Gasteiger partial charge on any atom is 0.159 e. The van der Waals surface area contributed by atoms with Gasteiger partial charge in [-0.25, -0.2) is 9.97 Å². The summed E-state index contributed by atoms with van der Waals surface area (Å²) < 4.78 is 17.5. The second-order valence-electron chi connectivity index (χ2n) is 9.50. The molecule has 0 spiro atoms. The summed E-state index contributed by atoms with van der Waals surface area (Å²) in [7, 11) is 0. The van der Waals surface area contributed by atoms with Crippen molar-refractivity contribution in [2.75, 3.05) is 19.8 Å².